The summed E-state index contributed by atoms with van der Waals surface area (Å²) >= 11 is 1.78. The van der Waals surface area contributed by atoms with Crippen molar-refractivity contribution < 1.29 is 4.42 Å². The maximum Gasteiger partial charge on any atom is 0.165 e. The lowest BCUT2D eigenvalue weighted by atomic mass is 10.0. The summed E-state index contributed by atoms with van der Waals surface area (Å²) in [6, 6.07) is 69.1. The second kappa shape index (κ2) is 13.2. The van der Waals surface area contributed by atoms with E-state index in [-0.39, 0.29) is 0 Å². The molecule has 0 spiro atoms. The molecule has 5 nitrogen and oxygen atoms in total. The van der Waals surface area contributed by atoms with Crippen LogP contribution in [0.3, 0.4) is 0 Å². The van der Waals surface area contributed by atoms with Crippen LogP contribution < -0.4 is 0 Å². The lowest BCUT2D eigenvalue weighted by Crippen LogP contribution is -2.00. The third-order valence-electron chi connectivity index (χ3n) is 12.8. The Morgan fingerprint density at radius 3 is 1.90 bits per heavy atom. The molecule has 14 rings (SSSR count). The molecule has 4 heterocycles. The SMILES string of the molecule is c1ccc(-c2nc(-c3cccc4c3sc3ccccc34)nc(-c3cccc4oc5c6ccccc6c(-n6c7cc8ccccc8cc7c7c8ccccc8ccc76)cc5c34)n2)cc1. The molecule has 0 saturated heterocycles. The topological polar surface area (TPSA) is 56.7 Å². The van der Waals surface area contributed by atoms with Crippen LogP contribution in [0.4, 0.5) is 0 Å². The van der Waals surface area contributed by atoms with Gasteiger partial charge in [-0.3, -0.25) is 0 Å². The first kappa shape index (κ1) is 34.5. The van der Waals surface area contributed by atoms with Gasteiger partial charge in [-0.2, -0.15) is 0 Å². The Morgan fingerprint density at radius 1 is 0.397 bits per heavy atom. The van der Waals surface area contributed by atoms with Gasteiger partial charge in [0.1, 0.15) is 11.2 Å². The Labute approximate surface area is 363 Å². The van der Waals surface area contributed by atoms with Crippen LogP contribution in [0.2, 0.25) is 0 Å². The molecule has 14 aromatic rings. The normalized spacial score (nSPS) is 12.1. The molecule has 0 atom stereocenters. The number of hydrogen-bond acceptors (Lipinski definition) is 5. The highest BCUT2D eigenvalue weighted by molar-refractivity contribution is 7.26. The predicted molar refractivity (Wildman–Crippen MR) is 263 cm³/mol. The minimum Gasteiger partial charge on any atom is -0.455 e. The second-order valence-corrected chi connectivity index (χ2v) is 17.3. The maximum atomic E-state index is 6.93. The molecule has 0 unspecified atom stereocenters. The van der Waals surface area contributed by atoms with Crippen LogP contribution in [-0.4, -0.2) is 19.5 Å². The minimum absolute atomic E-state index is 0.592. The predicted octanol–water partition coefficient (Wildman–Crippen LogP) is 15.7. The lowest BCUT2D eigenvalue weighted by molar-refractivity contribution is 0.672. The Kier molecular flexibility index (Phi) is 7.21. The fourth-order valence-corrected chi connectivity index (χ4v) is 11.2. The first-order valence-corrected chi connectivity index (χ1v) is 22.0. The van der Waals surface area contributed by atoms with Gasteiger partial charge in [0.25, 0.3) is 0 Å². The zero-order valence-electron chi connectivity index (χ0n) is 33.6. The van der Waals surface area contributed by atoms with Crippen molar-refractivity contribution in [3.8, 4) is 39.9 Å². The summed E-state index contributed by atoms with van der Waals surface area (Å²) in [6.45, 7) is 0. The summed E-state index contributed by atoms with van der Waals surface area (Å²) < 4.78 is 11.8. The summed E-state index contributed by atoms with van der Waals surface area (Å²) in [4.78, 5) is 15.8. The monoisotopic (exact) mass is 820 g/mol. The van der Waals surface area contributed by atoms with E-state index in [9.17, 15) is 0 Å². The Balaban J connectivity index is 1.08. The number of furan rings is 1. The van der Waals surface area contributed by atoms with Gasteiger partial charge in [0, 0.05) is 69.2 Å². The Hall–Kier alpha value is -8.19. The summed E-state index contributed by atoms with van der Waals surface area (Å²) in [7, 11) is 0. The van der Waals surface area contributed by atoms with Crippen molar-refractivity contribution in [3.63, 3.8) is 0 Å². The first-order chi connectivity index (χ1) is 31.2. The molecular weight excluding hydrogens is 789 g/mol. The zero-order chi connectivity index (χ0) is 41.2. The van der Waals surface area contributed by atoms with Crippen molar-refractivity contribution >= 4 is 108 Å². The van der Waals surface area contributed by atoms with Crippen LogP contribution >= 0.6 is 11.3 Å². The van der Waals surface area contributed by atoms with Crippen LogP contribution in [-0.2, 0) is 0 Å². The Bertz CT molecular complexity index is 4220. The lowest BCUT2D eigenvalue weighted by Gasteiger charge is -2.13. The molecule has 0 aliphatic heterocycles. The standard InChI is InChI=1S/C57H32N4OS/c1-2-15-34(16-3-1)55-58-56(60-57(59-55)43-25-12-23-41-39-21-10-11-27-50(39)63-54(41)43)42-24-13-26-49-52(42)45-32-48(38-20-8-9-22-40(38)53(45)62-49)61-46-29-28-33-14-6-7-19-37(33)51(46)44-30-35-17-4-5-18-36(35)31-47(44)61/h1-32H. The Morgan fingerprint density at radius 2 is 1.05 bits per heavy atom. The third kappa shape index (κ3) is 5.07. The van der Waals surface area contributed by atoms with E-state index >= 15 is 0 Å². The van der Waals surface area contributed by atoms with E-state index in [0.29, 0.717) is 17.5 Å². The van der Waals surface area contributed by atoms with E-state index in [1.54, 1.807) is 11.3 Å². The molecule has 6 heteroatoms. The summed E-state index contributed by atoms with van der Waals surface area (Å²) in [6.07, 6.45) is 0. The molecule has 0 saturated carbocycles. The fraction of sp³-hybridized carbons (Fsp3) is 0. The van der Waals surface area contributed by atoms with Crippen molar-refractivity contribution in [2.24, 2.45) is 0 Å². The molecule has 4 aromatic heterocycles. The number of nitrogens with zero attached hydrogens (tertiary/aromatic N) is 4. The molecule has 0 aliphatic rings. The molecule has 0 radical (unpaired) electrons. The number of fused-ring (bicyclic) bond motifs is 14. The van der Waals surface area contributed by atoms with Crippen molar-refractivity contribution in [3.05, 3.63) is 194 Å². The minimum atomic E-state index is 0.592. The van der Waals surface area contributed by atoms with E-state index in [1.165, 1.54) is 47.8 Å². The van der Waals surface area contributed by atoms with Gasteiger partial charge in [-0.25, -0.2) is 15.0 Å². The highest BCUT2D eigenvalue weighted by Gasteiger charge is 2.24. The molecule has 0 N–H and O–H groups in total. The van der Waals surface area contributed by atoms with Crippen LogP contribution in [0.5, 0.6) is 0 Å². The van der Waals surface area contributed by atoms with Gasteiger partial charge in [-0.15, -0.1) is 11.3 Å². The second-order valence-electron chi connectivity index (χ2n) is 16.3. The van der Waals surface area contributed by atoms with Gasteiger partial charge in [0.2, 0.25) is 0 Å². The summed E-state index contributed by atoms with van der Waals surface area (Å²) in [5.74, 6) is 1.85. The van der Waals surface area contributed by atoms with Gasteiger partial charge >= 0.3 is 0 Å². The van der Waals surface area contributed by atoms with Crippen molar-refractivity contribution in [1.82, 2.24) is 19.5 Å². The molecule has 0 amide bonds. The first-order valence-electron chi connectivity index (χ1n) is 21.2. The van der Waals surface area contributed by atoms with E-state index in [4.69, 9.17) is 19.4 Å². The van der Waals surface area contributed by atoms with Crippen molar-refractivity contribution in [1.29, 1.82) is 0 Å². The molecule has 0 bridgehead atoms. The van der Waals surface area contributed by atoms with Crippen LogP contribution in [0.15, 0.2) is 199 Å². The number of aromatic nitrogens is 4. The molecular formula is C57H32N4OS. The zero-order valence-corrected chi connectivity index (χ0v) is 34.4. The number of hydrogen-bond donors (Lipinski definition) is 0. The van der Waals surface area contributed by atoms with Crippen LogP contribution in [0.25, 0.3) is 136 Å². The average Bonchev–Trinajstić information content (AvgIpc) is 4.03. The van der Waals surface area contributed by atoms with Crippen LogP contribution in [0, 0.1) is 0 Å². The third-order valence-corrected chi connectivity index (χ3v) is 14.0. The summed E-state index contributed by atoms with van der Waals surface area (Å²) in [5, 5.41) is 13.9. The van der Waals surface area contributed by atoms with Crippen LogP contribution in [0.1, 0.15) is 0 Å². The molecule has 292 valence electrons. The molecule has 10 aromatic carbocycles. The van der Waals surface area contributed by atoms with E-state index in [2.05, 4.69) is 174 Å². The quantitative estimate of drug-likeness (QED) is 0.177. The molecule has 0 fully saturated rings. The van der Waals surface area contributed by atoms with E-state index in [0.717, 1.165) is 70.8 Å². The van der Waals surface area contributed by atoms with Crippen molar-refractivity contribution in [2.45, 2.75) is 0 Å². The number of thiophene rings is 1. The van der Waals surface area contributed by atoms with E-state index in [1.807, 2.05) is 24.3 Å². The van der Waals surface area contributed by atoms with Gasteiger partial charge < -0.3 is 8.98 Å². The molecule has 63 heavy (non-hydrogen) atoms. The molecule has 0 aliphatic carbocycles. The van der Waals surface area contributed by atoms with Crippen molar-refractivity contribution in [2.75, 3.05) is 0 Å². The van der Waals surface area contributed by atoms with Gasteiger partial charge in [0.05, 0.1) is 16.7 Å². The number of benzene rings is 10. The largest absolute Gasteiger partial charge is 0.455 e. The van der Waals surface area contributed by atoms with Gasteiger partial charge in [-0.05, 0) is 64.0 Å². The number of rotatable bonds is 4. The van der Waals surface area contributed by atoms with Gasteiger partial charge in [-0.1, -0.05) is 152 Å². The smallest absolute Gasteiger partial charge is 0.165 e. The van der Waals surface area contributed by atoms with E-state index < -0.39 is 0 Å². The van der Waals surface area contributed by atoms with Gasteiger partial charge in [0.15, 0.2) is 17.5 Å². The maximum absolute atomic E-state index is 6.93. The fourth-order valence-electron chi connectivity index (χ4n) is 9.99. The average molecular weight is 821 g/mol. The highest BCUT2D eigenvalue weighted by Crippen LogP contribution is 2.46. The highest BCUT2D eigenvalue weighted by atomic mass is 32.1. The summed E-state index contributed by atoms with van der Waals surface area (Å²) in [5.41, 5.74) is 7.80.